The molecule has 0 saturated carbocycles. The number of fused-ring (bicyclic) bond motifs is 1. The molecule has 2 aromatic heterocycles. The summed E-state index contributed by atoms with van der Waals surface area (Å²) in [6.45, 7) is 3.99. The second-order valence-electron chi connectivity index (χ2n) is 5.33. The van der Waals surface area contributed by atoms with Gasteiger partial charge in [0, 0.05) is 12.5 Å². The topological polar surface area (TPSA) is 69.6 Å². The zero-order valence-electron chi connectivity index (χ0n) is 12.2. The van der Waals surface area contributed by atoms with E-state index in [0.29, 0.717) is 28.1 Å². The number of hydrogen-bond donors (Lipinski definition) is 1. The van der Waals surface area contributed by atoms with Crippen LogP contribution in [-0.2, 0) is 6.42 Å². The van der Waals surface area contributed by atoms with Gasteiger partial charge in [0.15, 0.2) is 5.65 Å². The molecule has 0 unspecified atom stereocenters. The highest BCUT2D eigenvalue weighted by Gasteiger charge is 2.18. The van der Waals surface area contributed by atoms with Gasteiger partial charge >= 0.3 is 0 Å². The van der Waals surface area contributed by atoms with Gasteiger partial charge in [0.25, 0.3) is 0 Å². The Balaban J connectivity index is 2.17. The van der Waals surface area contributed by atoms with Crippen molar-refractivity contribution in [3.8, 4) is 0 Å². The number of nitrogens with zero attached hydrogens (tertiary/aromatic N) is 4. The molecular weight excluding hydrogens is 305 g/mol. The molecule has 2 N–H and O–H groups in total. The molecule has 5 nitrogen and oxygen atoms in total. The zero-order valence-corrected chi connectivity index (χ0v) is 13.0. The quantitative estimate of drug-likeness (QED) is 0.803. The molecule has 0 amide bonds. The minimum atomic E-state index is -0.438. The molecule has 0 spiro atoms. The van der Waals surface area contributed by atoms with Crippen molar-refractivity contribution in [2.45, 2.75) is 26.3 Å². The molecule has 0 fully saturated rings. The van der Waals surface area contributed by atoms with Crippen LogP contribution in [0.3, 0.4) is 0 Å². The van der Waals surface area contributed by atoms with Gasteiger partial charge in [0.1, 0.15) is 18.0 Å². The first-order valence-electron chi connectivity index (χ1n) is 6.89. The molecule has 0 aliphatic rings. The molecule has 1 aromatic carbocycles. The van der Waals surface area contributed by atoms with E-state index in [2.05, 4.69) is 15.1 Å². The van der Waals surface area contributed by atoms with Gasteiger partial charge in [-0.1, -0.05) is 23.7 Å². The predicted octanol–water partition coefficient (Wildman–Crippen LogP) is 3.37. The zero-order chi connectivity index (χ0) is 15.9. The van der Waals surface area contributed by atoms with Crippen LogP contribution in [0, 0.1) is 5.82 Å². The van der Waals surface area contributed by atoms with Crippen molar-refractivity contribution >= 4 is 28.5 Å². The second-order valence-corrected chi connectivity index (χ2v) is 5.74. The van der Waals surface area contributed by atoms with Crippen molar-refractivity contribution in [2.75, 3.05) is 5.73 Å². The molecule has 7 heteroatoms. The second kappa shape index (κ2) is 5.53. The molecule has 0 aliphatic carbocycles. The minimum Gasteiger partial charge on any atom is -0.383 e. The summed E-state index contributed by atoms with van der Waals surface area (Å²) in [5.74, 6) is -0.0961. The fraction of sp³-hybridized carbons (Fsp3) is 0.267. The Morgan fingerprint density at radius 2 is 2.09 bits per heavy atom. The normalized spacial score (nSPS) is 11.5. The van der Waals surface area contributed by atoms with Gasteiger partial charge < -0.3 is 5.73 Å². The van der Waals surface area contributed by atoms with Crippen LogP contribution in [0.15, 0.2) is 24.5 Å². The Morgan fingerprint density at radius 3 is 2.82 bits per heavy atom. The number of nitrogens with two attached hydrogens (primary N) is 1. The fourth-order valence-electron chi connectivity index (χ4n) is 2.42. The van der Waals surface area contributed by atoms with Crippen LogP contribution >= 0.6 is 11.6 Å². The molecule has 0 saturated heterocycles. The van der Waals surface area contributed by atoms with Crippen LogP contribution in [0.1, 0.15) is 31.1 Å². The maximum Gasteiger partial charge on any atom is 0.163 e. The summed E-state index contributed by atoms with van der Waals surface area (Å²) < 4.78 is 15.9. The molecule has 0 atom stereocenters. The van der Waals surface area contributed by atoms with Crippen molar-refractivity contribution < 1.29 is 4.39 Å². The van der Waals surface area contributed by atoms with Gasteiger partial charge in [0.2, 0.25) is 0 Å². The van der Waals surface area contributed by atoms with Gasteiger partial charge in [0.05, 0.1) is 16.1 Å². The van der Waals surface area contributed by atoms with Gasteiger partial charge in [-0.2, -0.15) is 5.10 Å². The van der Waals surface area contributed by atoms with E-state index in [9.17, 15) is 4.39 Å². The van der Waals surface area contributed by atoms with Crippen LogP contribution in [0.4, 0.5) is 10.2 Å². The number of aromatic nitrogens is 4. The van der Waals surface area contributed by atoms with Crippen LogP contribution in [0.25, 0.3) is 11.0 Å². The van der Waals surface area contributed by atoms with Crippen LogP contribution in [0.5, 0.6) is 0 Å². The van der Waals surface area contributed by atoms with Crippen LogP contribution < -0.4 is 5.73 Å². The lowest BCUT2D eigenvalue weighted by atomic mass is 10.1. The van der Waals surface area contributed by atoms with Gasteiger partial charge in [-0.05, 0) is 25.5 Å². The smallest absolute Gasteiger partial charge is 0.163 e. The number of halogens is 2. The van der Waals surface area contributed by atoms with Crippen molar-refractivity contribution in [3.05, 3.63) is 46.6 Å². The van der Waals surface area contributed by atoms with Crippen molar-refractivity contribution in [3.63, 3.8) is 0 Å². The minimum absolute atomic E-state index is 0.0920. The standard InChI is InChI=1S/C15H15ClFN5/c1-8(2)22-15-12(14(18)19-7-20-15)11(21-22)6-9-4-3-5-10(16)13(9)17/h3-5,7-8H,6H2,1-2H3,(H2,18,19,20). The lowest BCUT2D eigenvalue weighted by Gasteiger charge is -2.05. The maximum atomic E-state index is 14.1. The van der Waals surface area contributed by atoms with Gasteiger partial charge in [-0.25, -0.2) is 19.0 Å². The average molecular weight is 320 g/mol. The third kappa shape index (κ3) is 2.39. The lowest BCUT2D eigenvalue weighted by molar-refractivity contribution is 0.539. The number of nitrogen functional groups attached to an aromatic ring is 1. The Bertz CT molecular complexity index is 843. The highest BCUT2D eigenvalue weighted by atomic mass is 35.5. The SMILES string of the molecule is CC(C)n1nc(Cc2cccc(Cl)c2F)c2c(N)ncnc21. The maximum absolute atomic E-state index is 14.1. The van der Waals surface area contributed by atoms with Crippen molar-refractivity contribution in [1.29, 1.82) is 0 Å². The molecule has 3 aromatic rings. The highest BCUT2D eigenvalue weighted by molar-refractivity contribution is 6.30. The van der Waals surface area contributed by atoms with E-state index in [1.54, 1.807) is 16.8 Å². The molecular formula is C15H15ClFN5. The number of benzene rings is 1. The van der Waals surface area contributed by atoms with E-state index in [4.69, 9.17) is 17.3 Å². The fourth-order valence-corrected chi connectivity index (χ4v) is 2.61. The Labute approximate surface area is 131 Å². The van der Waals surface area contributed by atoms with Crippen LogP contribution in [0.2, 0.25) is 5.02 Å². The first-order chi connectivity index (χ1) is 10.5. The number of rotatable bonds is 3. The summed E-state index contributed by atoms with van der Waals surface area (Å²) in [5, 5.41) is 5.29. The Morgan fingerprint density at radius 1 is 1.32 bits per heavy atom. The van der Waals surface area contributed by atoms with E-state index < -0.39 is 5.82 Å². The summed E-state index contributed by atoms with van der Waals surface area (Å²) in [6, 6.07) is 5.02. The third-order valence-electron chi connectivity index (χ3n) is 3.47. The Kier molecular flexibility index (Phi) is 3.70. The molecule has 2 heterocycles. The molecule has 0 radical (unpaired) electrons. The molecule has 114 valence electrons. The lowest BCUT2D eigenvalue weighted by Crippen LogP contribution is -2.04. The monoisotopic (exact) mass is 319 g/mol. The first kappa shape index (κ1) is 14.7. The summed E-state index contributed by atoms with van der Waals surface area (Å²) in [5.41, 5.74) is 7.73. The number of hydrogen-bond acceptors (Lipinski definition) is 4. The molecule has 22 heavy (non-hydrogen) atoms. The van der Waals surface area contributed by atoms with E-state index in [-0.39, 0.29) is 17.5 Å². The predicted molar refractivity (Wildman–Crippen MR) is 84.3 cm³/mol. The van der Waals surface area contributed by atoms with E-state index in [1.807, 2.05) is 13.8 Å². The van der Waals surface area contributed by atoms with E-state index in [0.717, 1.165) is 0 Å². The number of anilines is 1. The Hall–Kier alpha value is -2.21. The highest BCUT2D eigenvalue weighted by Crippen LogP contribution is 2.27. The van der Waals surface area contributed by atoms with E-state index >= 15 is 0 Å². The van der Waals surface area contributed by atoms with Crippen LogP contribution in [-0.4, -0.2) is 19.7 Å². The summed E-state index contributed by atoms with van der Waals surface area (Å²) in [4.78, 5) is 8.27. The third-order valence-corrected chi connectivity index (χ3v) is 3.76. The molecule has 3 rings (SSSR count). The van der Waals surface area contributed by atoms with Gasteiger partial charge in [-0.15, -0.1) is 0 Å². The average Bonchev–Trinajstić information content (AvgIpc) is 2.84. The first-order valence-corrected chi connectivity index (χ1v) is 7.27. The summed E-state index contributed by atoms with van der Waals surface area (Å²) in [7, 11) is 0. The molecule has 0 bridgehead atoms. The van der Waals surface area contributed by atoms with Gasteiger partial charge in [-0.3, -0.25) is 0 Å². The summed E-state index contributed by atoms with van der Waals surface area (Å²) in [6.07, 6.45) is 1.68. The van der Waals surface area contributed by atoms with Crippen molar-refractivity contribution in [1.82, 2.24) is 19.7 Å². The largest absolute Gasteiger partial charge is 0.383 e. The molecule has 0 aliphatic heterocycles. The summed E-state index contributed by atoms with van der Waals surface area (Å²) >= 11 is 5.84. The van der Waals surface area contributed by atoms with E-state index in [1.165, 1.54) is 12.4 Å². The van der Waals surface area contributed by atoms with Crippen molar-refractivity contribution in [2.24, 2.45) is 0 Å².